The van der Waals surface area contributed by atoms with Crippen LogP contribution in [-0.2, 0) is 0 Å². The van der Waals surface area contributed by atoms with Gasteiger partial charge in [0.25, 0.3) is 0 Å². The molecule has 4 nitrogen and oxygen atoms in total. The predicted octanol–water partition coefficient (Wildman–Crippen LogP) is 3.66. The second-order valence-corrected chi connectivity index (χ2v) is 6.44. The fourth-order valence-corrected chi connectivity index (χ4v) is 2.96. The Bertz CT molecular complexity index is 641. The van der Waals surface area contributed by atoms with Crippen molar-refractivity contribution in [1.82, 2.24) is 4.90 Å². The summed E-state index contributed by atoms with van der Waals surface area (Å²) in [6, 6.07) is 19.2. The van der Waals surface area contributed by atoms with Crippen molar-refractivity contribution >= 4 is 17.6 Å². The summed E-state index contributed by atoms with van der Waals surface area (Å²) in [6.07, 6.45) is 1.85. The first-order valence-corrected chi connectivity index (χ1v) is 8.65. The number of piperazine rings is 1. The molecular formula is C20H26N4. The van der Waals surface area contributed by atoms with Crippen LogP contribution < -0.4 is 10.3 Å². The number of nitrogens with one attached hydrogen (secondary N) is 1. The van der Waals surface area contributed by atoms with E-state index in [0.717, 1.165) is 37.4 Å². The third kappa shape index (κ3) is 4.36. The number of hydrogen-bond donors (Lipinski definition) is 1. The van der Waals surface area contributed by atoms with Crippen LogP contribution in [0.4, 0.5) is 11.4 Å². The first kappa shape index (κ1) is 16.5. The lowest BCUT2D eigenvalue weighted by Crippen LogP contribution is -2.48. The molecule has 0 aliphatic carbocycles. The molecule has 2 aromatic carbocycles. The standard InChI is InChI=1S/C20H26N4/c1-17(2)23-12-14-24(15-13-23)20-10-8-18(9-11-20)16-21-22-19-6-4-3-5-7-19/h3-11,16-17,22H,12-15H2,1-2H3. The second-order valence-electron chi connectivity index (χ2n) is 6.44. The molecule has 0 aromatic heterocycles. The van der Waals surface area contributed by atoms with Gasteiger partial charge >= 0.3 is 0 Å². The molecule has 0 saturated carbocycles. The molecule has 3 rings (SSSR count). The third-order valence-corrected chi connectivity index (χ3v) is 4.48. The van der Waals surface area contributed by atoms with E-state index in [1.165, 1.54) is 5.69 Å². The van der Waals surface area contributed by atoms with Gasteiger partial charge in [-0.3, -0.25) is 10.3 Å². The molecule has 1 aliphatic heterocycles. The molecule has 0 spiro atoms. The highest BCUT2D eigenvalue weighted by Crippen LogP contribution is 2.17. The maximum atomic E-state index is 4.29. The Labute approximate surface area is 144 Å². The molecule has 126 valence electrons. The Balaban J connectivity index is 1.54. The zero-order valence-corrected chi connectivity index (χ0v) is 14.5. The molecule has 1 heterocycles. The highest BCUT2D eigenvalue weighted by Gasteiger charge is 2.18. The van der Waals surface area contributed by atoms with E-state index in [-0.39, 0.29) is 0 Å². The Morgan fingerprint density at radius 2 is 1.58 bits per heavy atom. The minimum atomic E-state index is 0.642. The van der Waals surface area contributed by atoms with Crippen LogP contribution in [0.5, 0.6) is 0 Å². The van der Waals surface area contributed by atoms with E-state index in [9.17, 15) is 0 Å². The van der Waals surface area contributed by atoms with Crippen LogP contribution >= 0.6 is 0 Å². The quantitative estimate of drug-likeness (QED) is 0.673. The SMILES string of the molecule is CC(C)N1CCN(c2ccc(C=NNc3ccccc3)cc2)CC1. The fourth-order valence-electron chi connectivity index (χ4n) is 2.96. The number of nitrogens with zero attached hydrogens (tertiary/aromatic N) is 3. The molecule has 1 N–H and O–H groups in total. The van der Waals surface area contributed by atoms with Gasteiger partial charge < -0.3 is 4.90 Å². The third-order valence-electron chi connectivity index (χ3n) is 4.48. The van der Waals surface area contributed by atoms with Gasteiger partial charge in [-0.15, -0.1) is 0 Å². The van der Waals surface area contributed by atoms with Gasteiger partial charge in [0.1, 0.15) is 0 Å². The van der Waals surface area contributed by atoms with Crippen molar-refractivity contribution in [3.63, 3.8) is 0 Å². The highest BCUT2D eigenvalue weighted by atomic mass is 15.3. The number of rotatable bonds is 5. The first-order valence-electron chi connectivity index (χ1n) is 8.65. The summed E-state index contributed by atoms with van der Waals surface area (Å²) in [5.41, 5.74) is 6.43. The van der Waals surface area contributed by atoms with Crippen molar-refractivity contribution in [3.05, 3.63) is 60.2 Å². The van der Waals surface area contributed by atoms with E-state index < -0.39 is 0 Å². The van der Waals surface area contributed by atoms with Crippen molar-refractivity contribution in [2.24, 2.45) is 5.10 Å². The molecule has 0 atom stereocenters. The van der Waals surface area contributed by atoms with E-state index in [1.807, 2.05) is 36.5 Å². The second kappa shape index (κ2) is 7.97. The van der Waals surface area contributed by atoms with Gasteiger partial charge in [0.05, 0.1) is 11.9 Å². The molecule has 2 aromatic rings. The molecule has 24 heavy (non-hydrogen) atoms. The molecule has 1 saturated heterocycles. The van der Waals surface area contributed by atoms with Crippen molar-refractivity contribution in [2.75, 3.05) is 36.5 Å². The maximum absolute atomic E-state index is 4.29. The molecule has 1 aliphatic rings. The summed E-state index contributed by atoms with van der Waals surface area (Å²) < 4.78 is 0. The van der Waals surface area contributed by atoms with Crippen LogP contribution in [0.25, 0.3) is 0 Å². The lowest BCUT2D eigenvalue weighted by molar-refractivity contribution is 0.209. The van der Waals surface area contributed by atoms with Gasteiger partial charge in [-0.05, 0) is 43.7 Å². The molecular weight excluding hydrogens is 296 g/mol. The fraction of sp³-hybridized carbons (Fsp3) is 0.350. The number of hydrogen-bond acceptors (Lipinski definition) is 4. The van der Waals surface area contributed by atoms with Crippen LogP contribution in [-0.4, -0.2) is 43.3 Å². The van der Waals surface area contributed by atoms with Crippen LogP contribution in [0, 0.1) is 0 Å². The van der Waals surface area contributed by atoms with Crippen LogP contribution in [0.3, 0.4) is 0 Å². The zero-order valence-electron chi connectivity index (χ0n) is 14.5. The average Bonchev–Trinajstić information content (AvgIpc) is 2.63. The summed E-state index contributed by atoms with van der Waals surface area (Å²) >= 11 is 0. The van der Waals surface area contributed by atoms with E-state index in [0.29, 0.717) is 6.04 Å². The summed E-state index contributed by atoms with van der Waals surface area (Å²) in [5.74, 6) is 0. The topological polar surface area (TPSA) is 30.9 Å². The van der Waals surface area contributed by atoms with Gasteiger partial charge in [0, 0.05) is 37.9 Å². The lowest BCUT2D eigenvalue weighted by Gasteiger charge is -2.38. The van der Waals surface area contributed by atoms with Crippen molar-refractivity contribution < 1.29 is 0 Å². The molecule has 0 radical (unpaired) electrons. The molecule has 0 bridgehead atoms. The van der Waals surface area contributed by atoms with Gasteiger partial charge in [0.2, 0.25) is 0 Å². The van der Waals surface area contributed by atoms with E-state index in [1.54, 1.807) is 0 Å². The minimum Gasteiger partial charge on any atom is -0.369 e. The van der Waals surface area contributed by atoms with Gasteiger partial charge in [-0.2, -0.15) is 5.10 Å². The normalized spacial score (nSPS) is 16.0. The summed E-state index contributed by atoms with van der Waals surface area (Å²) in [7, 11) is 0. The highest BCUT2D eigenvalue weighted by molar-refractivity contribution is 5.81. The lowest BCUT2D eigenvalue weighted by atomic mass is 10.2. The Hall–Kier alpha value is -2.33. The smallest absolute Gasteiger partial charge is 0.0561 e. The Morgan fingerprint density at radius 1 is 0.917 bits per heavy atom. The first-order chi connectivity index (χ1) is 11.7. The Morgan fingerprint density at radius 3 is 2.21 bits per heavy atom. The van der Waals surface area contributed by atoms with Gasteiger partial charge in [-0.1, -0.05) is 30.3 Å². The number of benzene rings is 2. The monoisotopic (exact) mass is 322 g/mol. The summed E-state index contributed by atoms with van der Waals surface area (Å²) in [4.78, 5) is 4.99. The van der Waals surface area contributed by atoms with Gasteiger partial charge in [0.15, 0.2) is 0 Å². The van der Waals surface area contributed by atoms with Crippen molar-refractivity contribution in [2.45, 2.75) is 19.9 Å². The summed E-state index contributed by atoms with van der Waals surface area (Å²) in [5, 5.41) is 4.29. The predicted molar refractivity (Wildman–Crippen MR) is 103 cm³/mol. The van der Waals surface area contributed by atoms with E-state index >= 15 is 0 Å². The zero-order chi connectivity index (χ0) is 16.8. The Kier molecular flexibility index (Phi) is 5.49. The van der Waals surface area contributed by atoms with Crippen LogP contribution in [0.1, 0.15) is 19.4 Å². The maximum Gasteiger partial charge on any atom is 0.0561 e. The van der Waals surface area contributed by atoms with Crippen molar-refractivity contribution in [3.8, 4) is 0 Å². The number of para-hydroxylation sites is 1. The number of anilines is 2. The van der Waals surface area contributed by atoms with Crippen molar-refractivity contribution in [1.29, 1.82) is 0 Å². The number of hydrazone groups is 1. The minimum absolute atomic E-state index is 0.642. The molecule has 4 heteroatoms. The molecule has 0 amide bonds. The van der Waals surface area contributed by atoms with E-state index in [4.69, 9.17) is 0 Å². The van der Waals surface area contributed by atoms with E-state index in [2.05, 4.69) is 58.4 Å². The largest absolute Gasteiger partial charge is 0.369 e. The van der Waals surface area contributed by atoms with Crippen LogP contribution in [0.2, 0.25) is 0 Å². The molecule has 1 fully saturated rings. The van der Waals surface area contributed by atoms with Crippen LogP contribution in [0.15, 0.2) is 59.7 Å². The molecule has 0 unspecified atom stereocenters. The van der Waals surface area contributed by atoms with Gasteiger partial charge in [-0.25, -0.2) is 0 Å². The average molecular weight is 322 g/mol. The summed E-state index contributed by atoms with van der Waals surface area (Å²) in [6.45, 7) is 9.02.